The summed E-state index contributed by atoms with van der Waals surface area (Å²) >= 11 is 0. The van der Waals surface area contributed by atoms with Gasteiger partial charge in [-0.05, 0) is 24.3 Å². The normalized spacial score (nSPS) is 14.6. The molecule has 2 aromatic rings. The average Bonchev–Trinajstić information content (AvgIpc) is 2.54. The Kier molecular flexibility index (Phi) is 3.78. The van der Waals surface area contributed by atoms with Crippen LogP contribution in [0.3, 0.4) is 0 Å². The smallest absolute Gasteiger partial charge is 0.322 e. The molecule has 1 saturated heterocycles. The van der Waals surface area contributed by atoms with Gasteiger partial charge in [0.25, 0.3) is 0 Å². The Morgan fingerprint density at radius 3 is 3.00 bits per heavy atom. The number of pyridine rings is 1. The predicted octanol–water partition coefficient (Wildman–Crippen LogP) is 1.21. The van der Waals surface area contributed by atoms with Gasteiger partial charge < -0.3 is 20.3 Å². The van der Waals surface area contributed by atoms with Crippen LogP contribution in [0, 0.1) is 0 Å². The van der Waals surface area contributed by atoms with Crippen LogP contribution in [0.15, 0.2) is 30.3 Å². The Morgan fingerprint density at radius 2 is 2.23 bits per heavy atom. The Labute approximate surface area is 127 Å². The number of piperazine rings is 1. The topological polar surface area (TPSA) is 83.6 Å². The maximum Gasteiger partial charge on any atom is 0.322 e. The average molecular weight is 300 g/mol. The van der Waals surface area contributed by atoms with Crippen molar-refractivity contribution in [2.75, 3.05) is 32.1 Å². The van der Waals surface area contributed by atoms with Crippen LogP contribution < -0.4 is 15.4 Å². The van der Waals surface area contributed by atoms with Gasteiger partial charge in [-0.1, -0.05) is 0 Å². The van der Waals surface area contributed by atoms with E-state index >= 15 is 0 Å². The first-order chi connectivity index (χ1) is 10.7. The summed E-state index contributed by atoms with van der Waals surface area (Å²) in [5.74, 6) is 0.403. The lowest BCUT2D eigenvalue weighted by Crippen LogP contribution is -2.51. The maximum absolute atomic E-state index is 12.1. The van der Waals surface area contributed by atoms with Crippen molar-refractivity contribution in [3.05, 3.63) is 30.3 Å². The van der Waals surface area contributed by atoms with E-state index in [1.807, 2.05) is 18.2 Å². The quantitative estimate of drug-likeness (QED) is 0.873. The second-order valence-electron chi connectivity index (χ2n) is 4.96. The maximum atomic E-state index is 12.1. The number of carbonyl (C=O) groups is 2. The van der Waals surface area contributed by atoms with Crippen molar-refractivity contribution in [3.63, 3.8) is 0 Å². The van der Waals surface area contributed by atoms with E-state index in [-0.39, 0.29) is 18.5 Å². The highest BCUT2D eigenvalue weighted by atomic mass is 16.5. The van der Waals surface area contributed by atoms with Gasteiger partial charge in [0.15, 0.2) is 0 Å². The molecule has 3 rings (SSSR count). The number of hydrogen-bond acceptors (Lipinski definition) is 4. The van der Waals surface area contributed by atoms with Gasteiger partial charge in [-0.3, -0.25) is 4.79 Å². The van der Waals surface area contributed by atoms with Crippen molar-refractivity contribution in [2.24, 2.45) is 0 Å². The van der Waals surface area contributed by atoms with Gasteiger partial charge in [0.2, 0.25) is 11.8 Å². The number of hydrogen-bond donors (Lipinski definition) is 2. The fourth-order valence-corrected chi connectivity index (χ4v) is 2.31. The Bertz CT molecular complexity index is 732. The molecule has 22 heavy (non-hydrogen) atoms. The Morgan fingerprint density at radius 1 is 1.36 bits per heavy atom. The number of nitrogens with zero attached hydrogens (tertiary/aromatic N) is 2. The number of benzene rings is 1. The number of anilines is 1. The molecule has 0 aliphatic carbocycles. The number of nitrogens with one attached hydrogen (secondary N) is 2. The lowest BCUT2D eigenvalue weighted by molar-refractivity contribution is -0.123. The van der Waals surface area contributed by atoms with Crippen molar-refractivity contribution in [1.82, 2.24) is 15.2 Å². The molecule has 1 aliphatic rings. The van der Waals surface area contributed by atoms with Gasteiger partial charge in [-0.2, -0.15) is 0 Å². The molecule has 0 bridgehead atoms. The molecule has 1 fully saturated rings. The lowest BCUT2D eigenvalue weighted by Gasteiger charge is -2.26. The summed E-state index contributed by atoms with van der Waals surface area (Å²) in [4.78, 5) is 29.3. The van der Waals surface area contributed by atoms with Crippen molar-refractivity contribution in [2.45, 2.75) is 0 Å². The molecule has 2 heterocycles. The molecular weight excluding hydrogens is 284 g/mol. The standard InChI is InChI=1S/C15H16N4O3/c1-22-14-5-2-10-8-11(3-4-12(10)18-14)17-15(21)19-7-6-16-13(20)9-19/h2-5,8H,6-7,9H2,1H3,(H,16,20)(H,17,21). The van der Waals surface area contributed by atoms with Crippen LogP contribution >= 0.6 is 0 Å². The van der Waals surface area contributed by atoms with E-state index in [0.29, 0.717) is 24.7 Å². The van der Waals surface area contributed by atoms with Gasteiger partial charge >= 0.3 is 6.03 Å². The molecule has 1 aromatic carbocycles. The molecule has 7 heteroatoms. The summed E-state index contributed by atoms with van der Waals surface area (Å²) in [7, 11) is 1.57. The molecule has 0 spiro atoms. The van der Waals surface area contributed by atoms with Gasteiger partial charge in [0, 0.05) is 30.2 Å². The minimum atomic E-state index is -0.282. The van der Waals surface area contributed by atoms with Crippen molar-refractivity contribution < 1.29 is 14.3 Å². The fourth-order valence-electron chi connectivity index (χ4n) is 2.31. The summed E-state index contributed by atoms with van der Waals surface area (Å²) in [6, 6.07) is 8.79. The molecule has 0 radical (unpaired) electrons. The molecule has 3 amide bonds. The summed E-state index contributed by atoms with van der Waals surface area (Å²) < 4.78 is 5.08. The zero-order chi connectivity index (χ0) is 15.5. The molecule has 114 valence electrons. The van der Waals surface area contributed by atoms with Crippen LogP contribution in [0.5, 0.6) is 5.88 Å². The monoisotopic (exact) mass is 300 g/mol. The predicted molar refractivity (Wildman–Crippen MR) is 81.9 cm³/mol. The van der Waals surface area contributed by atoms with Crippen LogP contribution in [0.4, 0.5) is 10.5 Å². The molecule has 1 aromatic heterocycles. The highest BCUT2D eigenvalue weighted by Crippen LogP contribution is 2.20. The molecule has 2 N–H and O–H groups in total. The fraction of sp³-hybridized carbons (Fsp3) is 0.267. The van der Waals surface area contributed by atoms with Crippen molar-refractivity contribution in [3.8, 4) is 5.88 Å². The molecule has 0 atom stereocenters. The SMILES string of the molecule is COc1ccc2cc(NC(=O)N3CCNC(=O)C3)ccc2n1. The van der Waals surface area contributed by atoms with Crippen LogP contribution in [-0.2, 0) is 4.79 Å². The number of aromatic nitrogens is 1. The van der Waals surface area contributed by atoms with Gasteiger partial charge in [-0.15, -0.1) is 0 Å². The molecular formula is C15H16N4O3. The Hall–Kier alpha value is -2.83. The van der Waals surface area contributed by atoms with E-state index in [0.717, 1.165) is 10.9 Å². The summed E-state index contributed by atoms with van der Waals surface area (Å²) in [6.45, 7) is 1.07. The van der Waals surface area contributed by atoms with E-state index in [1.54, 1.807) is 19.2 Å². The first-order valence-corrected chi connectivity index (χ1v) is 6.93. The highest BCUT2D eigenvalue weighted by molar-refractivity contribution is 5.95. The van der Waals surface area contributed by atoms with Crippen LogP contribution in [0.2, 0.25) is 0 Å². The summed E-state index contributed by atoms with van der Waals surface area (Å²) in [6.07, 6.45) is 0. The largest absolute Gasteiger partial charge is 0.481 e. The van der Waals surface area contributed by atoms with Gasteiger partial charge in [-0.25, -0.2) is 9.78 Å². The zero-order valence-corrected chi connectivity index (χ0v) is 12.1. The van der Waals surface area contributed by atoms with Crippen LogP contribution in [0.25, 0.3) is 10.9 Å². The molecule has 7 nitrogen and oxygen atoms in total. The Balaban J connectivity index is 1.76. The molecule has 0 unspecified atom stereocenters. The van der Waals surface area contributed by atoms with Gasteiger partial charge in [0.05, 0.1) is 12.6 Å². The van der Waals surface area contributed by atoms with E-state index in [9.17, 15) is 9.59 Å². The van der Waals surface area contributed by atoms with Crippen LogP contribution in [-0.4, -0.2) is 48.6 Å². The number of rotatable bonds is 2. The zero-order valence-electron chi connectivity index (χ0n) is 12.1. The van der Waals surface area contributed by atoms with Gasteiger partial charge in [0.1, 0.15) is 6.54 Å². The number of methoxy groups -OCH3 is 1. The van der Waals surface area contributed by atoms with Crippen LogP contribution in [0.1, 0.15) is 0 Å². The number of amides is 3. The van der Waals surface area contributed by atoms with E-state index in [1.165, 1.54) is 4.90 Å². The molecule has 1 aliphatic heterocycles. The van der Waals surface area contributed by atoms with E-state index in [4.69, 9.17) is 4.74 Å². The van der Waals surface area contributed by atoms with E-state index < -0.39 is 0 Å². The minimum Gasteiger partial charge on any atom is -0.481 e. The van der Waals surface area contributed by atoms with E-state index in [2.05, 4.69) is 15.6 Å². The van der Waals surface area contributed by atoms with Crippen molar-refractivity contribution in [1.29, 1.82) is 0 Å². The third-order valence-electron chi connectivity index (χ3n) is 3.45. The first kappa shape index (κ1) is 14.1. The lowest BCUT2D eigenvalue weighted by atomic mass is 10.2. The third-order valence-corrected chi connectivity index (χ3v) is 3.45. The highest BCUT2D eigenvalue weighted by Gasteiger charge is 2.21. The number of urea groups is 1. The summed E-state index contributed by atoms with van der Waals surface area (Å²) in [5.41, 5.74) is 1.45. The number of ether oxygens (including phenoxy) is 1. The first-order valence-electron chi connectivity index (χ1n) is 6.93. The minimum absolute atomic E-state index is 0.0815. The summed E-state index contributed by atoms with van der Waals surface area (Å²) in [5, 5.41) is 6.38. The third kappa shape index (κ3) is 2.93. The molecule has 0 saturated carbocycles. The number of fused-ring (bicyclic) bond motifs is 1. The number of carbonyl (C=O) groups excluding carboxylic acids is 2. The van der Waals surface area contributed by atoms with Crippen molar-refractivity contribution >= 4 is 28.5 Å². The second-order valence-corrected chi connectivity index (χ2v) is 4.96. The second kappa shape index (κ2) is 5.88.